The van der Waals surface area contributed by atoms with Gasteiger partial charge in [0.25, 0.3) is 0 Å². The molecule has 0 aliphatic heterocycles. The van der Waals surface area contributed by atoms with Crippen LogP contribution < -0.4 is 5.32 Å². The lowest BCUT2D eigenvalue weighted by molar-refractivity contribution is 0.164. The van der Waals surface area contributed by atoms with Crippen LogP contribution in [0.15, 0.2) is 24.3 Å². The van der Waals surface area contributed by atoms with Crippen molar-refractivity contribution in [1.29, 1.82) is 0 Å². The molecule has 0 saturated carbocycles. The molecule has 0 bridgehead atoms. The molecule has 3 heteroatoms. The van der Waals surface area contributed by atoms with Crippen molar-refractivity contribution in [3.8, 4) is 0 Å². The normalized spacial score (nSPS) is 12.5. The van der Waals surface area contributed by atoms with Crippen LogP contribution in [0.25, 0.3) is 0 Å². The average molecular weight is 214 g/mol. The SMILES string of the molecule is COCC(C)CNc1cccc(Cl)c1. The predicted molar refractivity (Wildman–Crippen MR) is 61.0 cm³/mol. The van der Waals surface area contributed by atoms with Gasteiger partial charge in [-0.25, -0.2) is 0 Å². The molecule has 0 aromatic heterocycles. The highest BCUT2D eigenvalue weighted by molar-refractivity contribution is 6.30. The summed E-state index contributed by atoms with van der Waals surface area (Å²) in [5.41, 5.74) is 1.06. The molecule has 0 aliphatic carbocycles. The van der Waals surface area contributed by atoms with Crippen LogP contribution in [0.3, 0.4) is 0 Å². The summed E-state index contributed by atoms with van der Waals surface area (Å²) < 4.78 is 5.05. The van der Waals surface area contributed by atoms with E-state index in [2.05, 4.69) is 12.2 Å². The van der Waals surface area contributed by atoms with Gasteiger partial charge < -0.3 is 10.1 Å². The van der Waals surface area contributed by atoms with Crippen molar-refractivity contribution in [3.05, 3.63) is 29.3 Å². The van der Waals surface area contributed by atoms with Gasteiger partial charge in [0.2, 0.25) is 0 Å². The zero-order valence-corrected chi connectivity index (χ0v) is 9.34. The first-order valence-electron chi connectivity index (χ1n) is 4.70. The lowest BCUT2D eigenvalue weighted by atomic mass is 10.2. The van der Waals surface area contributed by atoms with E-state index < -0.39 is 0 Å². The van der Waals surface area contributed by atoms with Crippen molar-refractivity contribution in [2.24, 2.45) is 5.92 Å². The summed E-state index contributed by atoms with van der Waals surface area (Å²) >= 11 is 5.86. The molecule has 1 rings (SSSR count). The Labute approximate surface area is 90.2 Å². The van der Waals surface area contributed by atoms with Crippen LogP contribution in [0.1, 0.15) is 6.92 Å². The van der Waals surface area contributed by atoms with Crippen molar-refractivity contribution >= 4 is 17.3 Å². The molecule has 1 N–H and O–H groups in total. The second-order valence-corrected chi connectivity index (χ2v) is 3.89. The number of rotatable bonds is 5. The quantitative estimate of drug-likeness (QED) is 0.812. The standard InChI is InChI=1S/C11H16ClNO/c1-9(8-14-2)7-13-11-5-3-4-10(12)6-11/h3-6,9,13H,7-8H2,1-2H3. The largest absolute Gasteiger partial charge is 0.385 e. The molecule has 0 saturated heterocycles. The highest BCUT2D eigenvalue weighted by atomic mass is 35.5. The maximum Gasteiger partial charge on any atom is 0.0504 e. The highest BCUT2D eigenvalue weighted by Crippen LogP contribution is 2.15. The minimum absolute atomic E-state index is 0.499. The number of ether oxygens (including phenoxy) is 1. The number of hydrogen-bond acceptors (Lipinski definition) is 2. The van der Waals surface area contributed by atoms with Crippen molar-refractivity contribution in [2.45, 2.75) is 6.92 Å². The molecule has 0 amide bonds. The molecular weight excluding hydrogens is 198 g/mol. The van der Waals surface area contributed by atoms with E-state index in [1.165, 1.54) is 0 Å². The molecule has 78 valence electrons. The number of nitrogens with one attached hydrogen (secondary N) is 1. The molecule has 1 atom stereocenters. The number of anilines is 1. The van der Waals surface area contributed by atoms with E-state index in [0.29, 0.717) is 5.92 Å². The van der Waals surface area contributed by atoms with Gasteiger partial charge in [-0.15, -0.1) is 0 Å². The van der Waals surface area contributed by atoms with Gasteiger partial charge in [-0.1, -0.05) is 24.6 Å². The van der Waals surface area contributed by atoms with Crippen molar-refractivity contribution in [2.75, 3.05) is 25.6 Å². The zero-order chi connectivity index (χ0) is 10.4. The third kappa shape index (κ3) is 3.99. The molecule has 2 nitrogen and oxygen atoms in total. The van der Waals surface area contributed by atoms with Gasteiger partial charge in [-0.3, -0.25) is 0 Å². The Bertz CT molecular complexity index is 278. The second kappa shape index (κ2) is 5.89. The third-order valence-corrected chi connectivity index (χ3v) is 2.17. The molecule has 1 unspecified atom stereocenters. The minimum atomic E-state index is 0.499. The smallest absolute Gasteiger partial charge is 0.0504 e. The molecule has 1 aromatic carbocycles. The van der Waals surface area contributed by atoms with Crippen molar-refractivity contribution in [1.82, 2.24) is 0 Å². The Kier molecular flexibility index (Phi) is 4.77. The molecular formula is C11H16ClNO. The minimum Gasteiger partial charge on any atom is -0.385 e. The monoisotopic (exact) mass is 213 g/mol. The van der Waals surface area contributed by atoms with Gasteiger partial charge in [0.05, 0.1) is 6.61 Å². The fraction of sp³-hybridized carbons (Fsp3) is 0.455. The van der Waals surface area contributed by atoms with Crippen LogP contribution in [0, 0.1) is 5.92 Å². The van der Waals surface area contributed by atoms with Gasteiger partial charge in [0.1, 0.15) is 0 Å². The highest BCUT2D eigenvalue weighted by Gasteiger charge is 2.00. The van der Waals surface area contributed by atoms with Crippen LogP contribution in [0.2, 0.25) is 5.02 Å². The first-order valence-corrected chi connectivity index (χ1v) is 5.08. The van der Waals surface area contributed by atoms with E-state index in [9.17, 15) is 0 Å². The van der Waals surface area contributed by atoms with Crippen LogP contribution >= 0.6 is 11.6 Å². The number of methoxy groups -OCH3 is 1. The summed E-state index contributed by atoms with van der Waals surface area (Å²) in [7, 11) is 1.72. The van der Waals surface area contributed by atoms with Gasteiger partial charge in [0.15, 0.2) is 0 Å². The maximum atomic E-state index is 5.86. The summed E-state index contributed by atoms with van der Waals surface area (Å²) in [6.07, 6.45) is 0. The Hall–Kier alpha value is -0.730. The van der Waals surface area contributed by atoms with Crippen molar-refractivity contribution < 1.29 is 4.74 Å². The van der Waals surface area contributed by atoms with E-state index in [1.54, 1.807) is 7.11 Å². The van der Waals surface area contributed by atoms with Crippen LogP contribution in [-0.2, 0) is 4.74 Å². The Morgan fingerprint density at radius 3 is 2.93 bits per heavy atom. The van der Waals surface area contributed by atoms with Gasteiger partial charge in [0, 0.05) is 24.4 Å². The summed E-state index contributed by atoms with van der Waals surface area (Å²) in [6.45, 7) is 3.81. The molecule has 14 heavy (non-hydrogen) atoms. The molecule has 0 spiro atoms. The van der Waals surface area contributed by atoms with Crippen LogP contribution in [-0.4, -0.2) is 20.3 Å². The van der Waals surface area contributed by atoms with Gasteiger partial charge in [-0.05, 0) is 24.1 Å². The van der Waals surface area contributed by atoms with Gasteiger partial charge in [-0.2, -0.15) is 0 Å². The number of hydrogen-bond donors (Lipinski definition) is 1. The lowest BCUT2D eigenvalue weighted by Crippen LogP contribution is -2.15. The first kappa shape index (κ1) is 11.3. The molecule has 1 aromatic rings. The summed E-state index contributed by atoms with van der Waals surface area (Å²) in [6, 6.07) is 7.73. The van der Waals surface area contributed by atoms with E-state index in [-0.39, 0.29) is 0 Å². The topological polar surface area (TPSA) is 21.3 Å². The average Bonchev–Trinajstić information content (AvgIpc) is 2.15. The number of halogens is 1. The fourth-order valence-electron chi connectivity index (χ4n) is 1.23. The molecule has 0 aliphatic rings. The molecule has 0 heterocycles. The van der Waals surface area contributed by atoms with E-state index >= 15 is 0 Å². The van der Waals surface area contributed by atoms with Crippen LogP contribution in [0.4, 0.5) is 5.69 Å². The third-order valence-electron chi connectivity index (χ3n) is 1.93. The van der Waals surface area contributed by atoms with Gasteiger partial charge >= 0.3 is 0 Å². The second-order valence-electron chi connectivity index (χ2n) is 3.45. The Morgan fingerprint density at radius 1 is 1.50 bits per heavy atom. The molecule has 0 radical (unpaired) electrons. The predicted octanol–water partition coefficient (Wildman–Crippen LogP) is 3.03. The van der Waals surface area contributed by atoms with E-state index in [0.717, 1.165) is 23.9 Å². The summed E-state index contributed by atoms with van der Waals surface area (Å²) in [4.78, 5) is 0. The Balaban J connectivity index is 2.37. The maximum absolute atomic E-state index is 5.86. The van der Waals surface area contributed by atoms with E-state index in [1.807, 2.05) is 24.3 Å². The fourth-order valence-corrected chi connectivity index (χ4v) is 1.42. The van der Waals surface area contributed by atoms with Crippen molar-refractivity contribution in [3.63, 3.8) is 0 Å². The van der Waals surface area contributed by atoms with E-state index in [4.69, 9.17) is 16.3 Å². The lowest BCUT2D eigenvalue weighted by Gasteiger charge is -2.12. The summed E-state index contributed by atoms with van der Waals surface area (Å²) in [5, 5.41) is 4.06. The van der Waals surface area contributed by atoms with Crippen LogP contribution in [0.5, 0.6) is 0 Å². The summed E-state index contributed by atoms with van der Waals surface area (Å²) in [5.74, 6) is 0.499. The zero-order valence-electron chi connectivity index (χ0n) is 8.59. The number of benzene rings is 1. The Morgan fingerprint density at radius 2 is 2.29 bits per heavy atom. The first-order chi connectivity index (χ1) is 6.72. The molecule has 0 fully saturated rings.